The summed E-state index contributed by atoms with van der Waals surface area (Å²) in [6.45, 7) is 11.7. The van der Waals surface area contributed by atoms with E-state index in [0.29, 0.717) is 10.9 Å². The van der Waals surface area contributed by atoms with Crippen LogP contribution in [0.25, 0.3) is 0 Å². The summed E-state index contributed by atoms with van der Waals surface area (Å²) in [7, 11) is 0. The molecule has 2 heteroatoms. The van der Waals surface area contributed by atoms with Crippen LogP contribution < -0.4 is 5.32 Å². The lowest BCUT2D eigenvalue weighted by Gasteiger charge is -2.34. The summed E-state index contributed by atoms with van der Waals surface area (Å²) >= 11 is 3.96. The van der Waals surface area contributed by atoms with Gasteiger partial charge in [-0.15, -0.1) is 0 Å². The van der Waals surface area contributed by atoms with Crippen molar-refractivity contribution in [2.75, 3.05) is 0 Å². The zero-order valence-corrected chi connectivity index (χ0v) is 17.8. The molecule has 0 aromatic heterocycles. The van der Waals surface area contributed by atoms with Crippen LogP contribution in [0.3, 0.4) is 0 Å². The Morgan fingerprint density at radius 3 is 2.43 bits per heavy atom. The highest BCUT2D eigenvalue weighted by Crippen LogP contribution is 2.36. The van der Waals surface area contributed by atoms with Gasteiger partial charge in [0.05, 0.1) is 0 Å². The molecular weight excluding hydrogens is 346 g/mol. The van der Waals surface area contributed by atoms with Gasteiger partial charge in [-0.1, -0.05) is 81.3 Å². The average Bonchev–Trinajstić information content (AvgIpc) is 2.54. The van der Waals surface area contributed by atoms with Crippen molar-refractivity contribution in [3.63, 3.8) is 0 Å². The molecule has 0 fully saturated rings. The van der Waals surface area contributed by atoms with E-state index in [2.05, 4.69) is 55.9 Å². The third-order valence-corrected chi connectivity index (χ3v) is 6.75. The molecule has 1 aliphatic carbocycles. The lowest BCUT2D eigenvalue weighted by atomic mass is 9.83. The summed E-state index contributed by atoms with van der Waals surface area (Å²) in [6.07, 6.45) is 13.2. The van der Waals surface area contributed by atoms with Crippen molar-refractivity contribution >= 4 is 15.9 Å². The van der Waals surface area contributed by atoms with Gasteiger partial charge in [-0.2, -0.15) is 0 Å². The first kappa shape index (κ1) is 21.1. The minimum atomic E-state index is 0.655. The van der Waals surface area contributed by atoms with E-state index in [0.717, 1.165) is 11.8 Å². The molecule has 0 heterocycles. The van der Waals surface area contributed by atoms with Crippen molar-refractivity contribution in [2.24, 2.45) is 11.8 Å². The number of hydrogen-bond acceptors (Lipinski definition) is 1. The Morgan fingerprint density at radius 2 is 1.83 bits per heavy atom. The lowest BCUT2D eigenvalue weighted by Crippen LogP contribution is -2.34. The van der Waals surface area contributed by atoms with E-state index < -0.39 is 0 Å². The topological polar surface area (TPSA) is 12.0 Å². The summed E-state index contributed by atoms with van der Waals surface area (Å²) in [6, 6.07) is 0.655. The Hall–Kier alpha value is 0.0200. The minimum absolute atomic E-state index is 0.655. The maximum absolute atomic E-state index is 3.96. The first-order valence-electron chi connectivity index (χ1n) is 10.1. The predicted octanol–water partition coefficient (Wildman–Crippen LogP) is 7.21. The Bertz CT molecular complexity index is 350. The van der Waals surface area contributed by atoms with Gasteiger partial charge in [-0.25, -0.2) is 0 Å². The number of allylic oxidation sites excluding steroid dienone is 2. The molecule has 0 spiro atoms. The average molecular weight is 386 g/mol. The van der Waals surface area contributed by atoms with Crippen LogP contribution >= 0.6 is 15.9 Å². The minimum Gasteiger partial charge on any atom is -0.386 e. The highest BCUT2D eigenvalue weighted by molar-refractivity contribution is 9.09. The first-order chi connectivity index (χ1) is 11.0. The van der Waals surface area contributed by atoms with Crippen molar-refractivity contribution in [1.29, 1.82) is 0 Å². The third-order valence-electron chi connectivity index (χ3n) is 5.68. The molecule has 4 atom stereocenters. The van der Waals surface area contributed by atoms with Gasteiger partial charge in [0.2, 0.25) is 0 Å². The lowest BCUT2D eigenvalue weighted by molar-refractivity contribution is 0.367. The monoisotopic (exact) mass is 385 g/mol. The maximum Gasteiger partial charge on any atom is 0.0258 e. The number of nitrogens with one attached hydrogen (secondary N) is 1. The molecular formula is C21H40BrN. The fraction of sp³-hybridized carbons (Fsp3) is 0.905. The summed E-state index contributed by atoms with van der Waals surface area (Å²) in [5.41, 5.74) is 3.15. The first-order valence-corrected chi connectivity index (χ1v) is 11.0. The molecule has 1 rings (SSSR count). The number of unbranched alkanes of at least 4 members (excludes halogenated alkanes) is 3. The smallest absolute Gasteiger partial charge is 0.0258 e. The van der Waals surface area contributed by atoms with E-state index in [1.807, 2.05) is 0 Å². The molecule has 1 aliphatic rings. The molecule has 0 aromatic rings. The predicted molar refractivity (Wildman–Crippen MR) is 108 cm³/mol. The van der Waals surface area contributed by atoms with E-state index in [1.54, 1.807) is 11.3 Å². The molecule has 0 radical (unpaired) electrons. The van der Waals surface area contributed by atoms with E-state index >= 15 is 0 Å². The number of hydrogen-bond donors (Lipinski definition) is 1. The molecule has 1 N–H and O–H groups in total. The van der Waals surface area contributed by atoms with Crippen molar-refractivity contribution in [3.05, 3.63) is 11.3 Å². The third kappa shape index (κ3) is 7.63. The van der Waals surface area contributed by atoms with Crippen molar-refractivity contribution in [3.8, 4) is 0 Å². The molecule has 0 aliphatic heterocycles. The quantitative estimate of drug-likeness (QED) is 0.292. The van der Waals surface area contributed by atoms with Crippen LogP contribution in [0.4, 0.5) is 0 Å². The van der Waals surface area contributed by atoms with Gasteiger partial charge in [0, 0.05) is 16.6 Å². The highest BCUT2D eigenvalue weighted by atomic mass is 79.9. The second-order valence-electron chi connectivity index (χ2n) is 7.79. The van der Waals surface area contributed by atoms with Crippen LogP contribution in [0, 0.1) is 11.8 Å². The Morgan fingerprint density at radius 1 is 1.09 bits per heavy atom. The highest BCUT2D eigenvalue weighted by Gasteiger charge is 2.27. The zero-order valence-electron chi connectivity index (χ0n) is 16.3. The van der Waals surface area contributed by atoms with Gasteiger partial charge in [0.25, 0.3) is 0 Å². The van der Waals surface area contributed by atoms with E-state index in [4.69, 9.17) is 0 Å². The maximum atomic E-state index is 3.96. The summed E-state index contributed by atoms with van der Waals surface area (Å²) in [5.74, 6) is 1.64. The summed E-state index contributed by atoms with van der Waals surface area (Å²) in [5, 5.41) is 3.93. The van der Waals surface area contributed by atoms with Crippen LogP contribution in [0.5, 0.6) is 0 Å². The summed E-state index contributed by atoms with van der Waals surface area (Å²) < 4.78 is 0. The van der Waals surface area contributed by atoms with Gasteiger partial charge in [-0.3, -0.25) is 0 Å². The number of alkyl halides is 1. The van der Waals surface area contributed by atoms with Crippen molar-refractivity contribution in [1.82, 2.24) is 5.32 Å². The molecule has 1 nitrogen and oxygen atoms in total. The molecule has 0 aromatic carbocycles. The fourth-order valence-corrected chi connectivity index (χ4v) is 4.61. The van der Waals surface area contributed by atoms with E-state index in [1.165, 1.54) is 64.2 Å². The van der Waals surface area contributed by atoms with E-state index in [9.17, 15) is 0 Å². The van der Waals surface area contributed by atoms with Gasteiger partial charge in [-0.05, 0) is 50.9 Å². The molecule has 0 bridgehead atoms. The standard InChI is InChI=1S/C21H40BrN/c1-6-9-10-11-12-18-15-21(17(5)14-20(18)22)23-19(8-3)13-16(4)7-2/h16,18-20,23H,6-15H2,1-5H3/t16-,18?,19?,20?/m0/s1. The molecule has 136 valence electrons. The van der Waals surface area contributed by atoms with Gasteiger partial charge in [0.15, 0.2) is 0 Å². The number of halogens is 1. The van der Waals surface area contributed by atoms with E-state index in [-0.39, 0.29) is 0 Å². The SMILES string of the molecule is CCCCCCC1CC(NC(CC)C[C@@H](C)CC)=C(C)CC1Br. The largest absolute Gasteiger partial charge is 0.386 e. The Kier molecular flexibility index (Phi) is 10.6. The van der Waals surface area contributed by atoms with Crippen LogP contribution in [-0.4, -0.2) is 10.9 Å². The zero-order chi connectivity index (χ0) is 17.2. The molecule has 0 saturated heterocycles. The molecule has 0 amide bonds. The van der Waals surface area contributed by atoms with Crippen LogP contribution in [0.2, 0.25) is 0 Å². The van der Waals surface area contributed by atoms with Crippen LogP contribution in [0.1, 0.15) is 98.8 Å². The van der Waals surface area contributed by atoms with Crippen molar-refractivity contribution in [2.45, 2.75) is 110 Å². The Balaban J connectivity index is 2.56. The molecule has 23 heavy (non-hydrogen) atoms. The molecule has 0 saturated carbocycles. The summed E-state index contributed by atoms with van der Waals surface area (Å²) in [4.78, 5) is 0.685. The normalized spacial score (nSPS) is 24.6. The second-order valence-corrected chi connectivity index (χ2v) is 8.97. The van der Waals surface area contributed by atoms with Gasteiger partial charge >= 0.3 is 0 Å². The number of rotatable bonds is 11. The van der Waals surface area contributed by atoms with Gasteiger partial charge in [0.1, 0.15) is 0 Å². The van der Waals surface area contributed by atoms with Gasteiger partial charge < -0.3 is 5.32 Å². The Labute approximate surface area is 154 Å². The van der Waals surface area contributed by atoms with Crippen LogP contribution in [-0.2, 0) is 0 Å². The second kappa shape index (κ2) is 11.6. The van der Waals surface area contributed by atoms with Crippen molar-refractivity contribution < 1.29 is 0 Å². The molecule has 3 unspecified atom stereocenters. The fourth-order valence-electron chi connectivity index (χ4n) is 3.67. The van der Waals surface area contributed by atoms with Crippen LogP contribution in [0.15, 0.2) is 11.3 Å².